The van der Waals surface area contributed by atoms with E-state index < -0.39 is 0 Å². The first-order valence-electron chi connectivity index (χ1n) is 20.2. The Labute approximate surface area is 338 Å². The summed E-state index contributed by atoms with van der Waals surface area (Å²) in [4.78, 5) is 0. The molecule has 11 aromatic rings. The van der Waals surface area contributed by atoms with Gasteiger partial charge in [0.05, 0.1) is 0 Å². The third kappa shape index (κ3) is 4.58. The van der Waals surface area contributed by atoms with E-state index in [4.69, 9.17) is 4.42 Å². The molecule has 2 aliphatic carbocycles. The lowest BCUT2D eigenvalue weighted by Gasteiger charge is -2.29. The number of thiophene rings is 1. The second kappa shape index (κ2) is 12.2. The van der Waals surface area contributed by atoms with Gasteiger partial charge in [0.25, 0.3) is 0 Å². The number of para-hydroxylation sites is 1. The van der Waals surface area contributed by atoms with E-state index in [1.807, 2.05) is 17.4 Å². The lowest BCUT2D eigenvalue weighted by molar-refractivity contribution is 0.669. The smallest absolute Gasteiger partial charge is 0.136 e. The maximum Gasteiger partial charge on any atom is 0.136 e. The number of hydrogen-bond acceptors (Lipinski definition) is 2. The fourth-order valence-electron chi connectivity index (χ4n) is 10.2. The SMILES string of the molecule is C1=CC2C=CC=C(c3c4ccccc4c(-c4ccc(-c5ccc6sc7c8cc9oc%10ccccc%10c9cc8ccc7c6c5)c5ccccc45)c4ccccc34)C2C=C1. The Morgan fingerprint density at radius 1 is 0.414 bits per heavy atom. The summed E-state index contributed by atoms with van der Waals surface area (Å²) >= 11 is 1.88. The molecule has 0 bridgehead atoms. The van der Waals surface area contributed by atoms with Crippen LogP contribution < -0.4 is 0 Å². The predicted octanol–water partition coefficient (Wildman–Crippen LogP) is 16.2. The van der Waals surface area contributed by atoms with Crippen LogP contribution >= 0.6 is 11.3 Å². The van der Waals surface area contributed by atoms with Gasteiger partial charge in [-0.25, -0.2) is 0 Å². The molecule has 0 amide bonds. The highest BCUT2D eigenvalue weighted by molar-refractivity contribution is 7.26. The minimum Gasteiger partial charge on any atom is -0.456 e. The van der Waals surface area contributed by atoms with Crippen molar-refractivity contribution in [1.29, 1.82) is 0 Å². The quantitative estimate of drug-likeness (QED) is 0.164. The standard InChI is InChI=1S/C56H34OS/c1-2-14-36-33(12-1)13-11-22-41(36)54-42-18-5-7-20-44(42)55(45-21-8-6-19-43(45)54)46-28-27-37(38-15-3-4-16-39(38)46)34-25-29-53-50(31-34)47-26-24-35-30-49-40-17-9-10-23-51(40)57-52(49)32-48(35)56(47)58-53/h1-33,36H. The highest BCUT2D eigenvalue weighted by Gasteiger charge is 2.28. The molecule has 0 saturated carbocycles. The van der Waals surface area contributed by atoms with Crippen molar-refractivity contribution in [3.63, 3.8) is 0 Å². The van der Waals surface area contributed by atoms with Crippen LogP contribution in [0, 0.1) is 11.8 Å². The molecule has 0 fully saturated rings. The van der Waals surface area contributed by atoms with Crippen molar-refractivity contribution in [2.45, 2.75) is 0 Å². The fraction of sp³-hybridized carbons (Fsp3) is 0.0357. The van der Waals surface area contributed by atoms with E-state index in [0.717, 1.165) is 11.2 Å². The fourth-order valence-corrected chi connectivity index (χ4v) is 11.4. The summed E-state index contributed by atoms with van der Waals surface area (Å²) < 4.78 is 8.94. The summed E-state index contributed by atoms with van der Waals surface area (Å²) in [7, 11) is 0. The number of benzene rings is 9. The first-order chi connectivity index (χ1) is 28.8. The van der Waals surface area contributed by atoms with E-state index in [2.05, 4.69) is 188 Å². The van der Waals surface area contributed by atoms with Crippen molar-refractivity contribution in [1.82, 2.24) is 0 Å². The van der Waals surface area contributed by atoms with Gasteiger partial charge in [-0.1, -0.05) is 164 Å². The van der Waals surface area contributed by atoms with E-state index in [-0.39, 0.29) is 0 Å². The monoisotopic (exact) mass is 754 g/mol. The van der Waals surface area contributed by atoms with Crippen molar-refractivity contribution in [3.8, 4) is 22.3 Å². The zero-order chi connectivity index (χ0) is 37.9. The van der Waals surface area contributed by atoms with E-state index >= 15 is 0 Å². The van der Waals surface area contributed by atoms with Crippen molar-refractivity contribution in [3.05, 3.63) is 200 Å². The molecule has 0 saturated heterocycles. The van der Waals surface area contributed by atoms with Gasteiger partial charge in [-0.15, -0.1) is 11.3 Å². The summed E-state index contributed by atoms with van der Waals surface area (Å²) in [6.45, 7) is 0. The average molecular weight is 755 g/mol. The molecule has 2 heteroatoms. The van der Waals surface area contributed by atoms with Crippen LogP contribution in [-0.4, -0.2) is 0 Å². The lowest BCUT2D eigenvalue weighted by atomic mass is 9.74. The Kier molecular flexibility index (Phi) is 6.78. The summed E-state index contributed by atoms with van der Waals surface area (Å²) in [5.74, 6) is 0.690. The number of fused-ring (bicyclic) bond motifs is 12. The van der Waals surface area contributed by atoms with E-state index in [1.165, 1.54) is 107 Å². The Morgan fingerprint density at radius 3 is 1.86 bits per heavy atom. The molecule has 9 aromatic carbocycles. The summed E-state index contributed by atoms with van der Waals surface area (Å²) in [6, 6.07) is 56.4. The molecular formula is C56H34OS. The lowest BCUT2D eigenvalue weighted by Crippen LogP contribution is -2.15. The molecule has 0 radical (unpaired) electrons. The minimum absolute atomic E-state index is 0.316. The van der Waals surface area contributed by atoms with Gasteiger partial charge in [-0.3, -0.25) is 0 Å². The molecule has 13 rings (SSSR count). The Bertz CT molecular complexity index is 3640. The number of hydrogen-bond donors (Lipinski definition) is 0. The van der Waals surface area contributed by atoms with Crippen molar-refractivity contribution < 1.29 is 4.42 Å². The molecule has 270 valence electrons. The second-order valence-corrected chi connectivity index (χ2v) is 16.9. The number of allylic oxidation sites excluding steroid dienone is 8. The molecule has 2 unspecified atom stereocenters. The molecule has 0 aliphatic heterocycles. The molecule has 2 aliphatic rings. The first kappa shape index (κ1) is 32.1. The molecule has 1 nitrogen and oxygen atoms in total. The maximum atomic E-state index is 6.34. The number of furan rings is 1. The van der Waals surface area contributed by atoms with Crippen LogP contribution in [0.25, 0.3) is 113 Å². The maximum absolute atomic E-state index is 6.34. The minimum atomic E-state index is 0.316. The Morgan fingerprint density at radius 2 is 1.07 bits per heavy atom. The van der Waals surface area contributed by atoms with Gasteiger partial charge in [0, 0.05) is 48.2 Å². The van der Waals surface area contributed by atoms with E-state index in [0.29, 0.717) is 11.8 Å². The highest BCUT2D eigenvalue weighted by atomic mass is 32.1. The van der Waals surface area contributed by atoms with Crippen molar-refractivity contribution in [2.75, 3.05) is 0 Å². The van der Waals surface area contributed by atoms with Gasteiger partial charge in [0.15, 0.2) is 0 Å². The van der Waals surface area contributed by atoms with E-state index in [9.17, 15) is 0 Å². The van der Waals surface area contributed by atoms with E-state index in [1.54, 1.807) is 0 Å². The Balaban J connectivity index is 0.999. The van der Waals surface area contributed by atoms with Gasteiger partial charge < -0.3 is 4.42 Å². The van der Waals surface area contributed by atoms with Crippen LogP contribution in [0.3, 0.4) is 0 Å². The summed E-state index contributed by atoms with van der Waals surface area (Å²) in [6.07, 6.45) is 16.0. The second-order valence-electron chi connectivity index (χ2n) is 15.9. The Hall–Kier alpha value is -7.00. The molecule has 0 N–H and O–H groups in total. The van der Waals surface area contributed by atoms with Crippen molar-refractivity contribution >= 4 is 102 Å². The van der Waals surface area contributed by atoms with Crippen LogP contribution in [-0.2, 0) is 0 Å². The van der Waals surface area contributed by atoms with Crippen LogP contribution in [0.4, 0.5) is 0 Å². The normalized spacial score (nSPS) is 16.5. The zero-order valence-corrected chi connectivity index (χ0v) is 32.3. The van der Waals surface area contributed by atoms with Gasteiger partial charge in [-0.05, 0) is 101 Å². The van der Waals surface area contributed by atoms with Crippen LogP contribution in [0.15, 0.2) is 199 Å². The molecular weight excluding hydrogens is 721 g/mol. The third-order valence-electron chi connectivity index (χ3n) is 12.8. The molecule has 58 heavy (non-hydrogen) atoms. The summed E-state index contributed by atoms with van der Waals surface area (Å²) in [5, 5.41) is 15.1. The van der Waals surface area contributed by atoms with Crippen molar-refractivity contribution in [2.24, 2.45) is 11.8 Å². The third-order valence-corrected chi connectivity index (χ3v) is 14.0. The first-order valence-corrected chi connectivity index (χ1v) is 21.0. The number of rotatable bonds is 3. The molecule has 2 atom stereocenters. The van der Waals surface area contributed by atoms with Crippen LogP contribution in [0.2, 0.25) is 0 Å². The highest BCUT2D eigenvalue weighted by Crippen LogP contribution is 2.49. The molecule has 2 heterocycles. The van der Waals surface area contributed by atoms with Gasteiger partial charge in [-0.2, -0.15) is 0 Å². The molecule has 0 spiro atoms. The van der Waals surface area contributed by atoms with Gasteiger partial charge in [0.1, 0.15) is 11.2 Å². The topological polar surface area (TPSA) is 13.1 Å². The average Bonchev–Trinajstić information content (AvgIpc) is 3.85. The van der Waals surface area contributed by atoms with Crippen LogP contribution in [0.1, 0.15) is 5.56 Å². The zero-order valence-electron chi connectivity index (χ0n) is 31.4. The van der Waals surface area contributed by atoms with Gasteiger partial charge >= 0.3 is 0 Å². The molecule has 2 aromatic heterocycles. The summed E-state index contributed by atoms with van der Waals surface area (Å²) in [5.41, 5.74) is 9.65. The van der Waals surface area contributed by atoms with Crippen LogP contribution in [0.5, 0.6) is 0 Å². The largest absolute Gasteiger partial charge is 0.456 e. The predicted molar refractivity (Wildman–Crippen MR) is 250 cm³/mol. The van der Waals surface area contributed by atoms with Gasteiger partial charge in [0.2, 0.25) is 0 Å².